The van der Waals surface area contributed by atoms with Gasteiger partial charge < -0.3 is 4.74 Å². The number of anilines is 1. The third-order valence-electron chi connectivity index (χ3n) is 7.16. The first-order valence-corrected chi connectivity index (χ1v) is 11.6. The molecule has 1 aliphatic carbocycles. The molecule has 2 amide bonds. The molecule has 186 valence electrons. The number of benzene rings is 3. The lowest BCUT2D eigenvalue weighted by atomic mass is 9.77. The summed E-state index contributed by atoms with van der Waals surface area (Å²) in [5.41, 5.74) is -3.35. The fourth-order valence-corrected chi connectivity index (χ4v) is 5.82. The van der Waals surface area contributed by atoms with Crippen LogP contribution in [0.15, 0.2) is 72.8 Å². The van der Waals surface area contributed by atoms with E-state index in [0.29, 0.717) is 11.0 Å². The Morgan fingerprint density at radius 3 is 2.05 bits per heavy atom. The summed E-state index contributed by atoms with van der Waals surface area (Å²) in [6, 6.07) is 16.0. The van der Waals surface area contributed by atoms with Gasteiger partial charge in [-0.25, -0.2) is 4.90 Å². The van der Waals surface area contributed by atoms with Crippen LogP contribution in [0, 0.1) is 11.8 Å². The van der Waals surface area contributed by atoms with Crippen molar-refractivity contribution >= 4 is 40.7 Å². The van der Waals surface area contributed by atoms with E-state index in [2.05, 4.69) is 0 Å². The van der Waals surface area contributed by atoms with Crippen molar-refractivity contribution in [2.75, 3.05) is 4.90 Å². The number of ether oxygens (including phenoxy) is 1. The molecular formula is C27H15ClF3NO5. The van der Waals surface area contributed by atoms with Gasteiger partial charge in [0.1, 0.15) is 0 Å². The van der Waals surface area contributed by atoms with E-state index in [1.807, 2.05) is 0 Å². The van der Waals surface area contributed by atoms with E-state index >= 15 is 0 Å². The molecule has 3 atom stereocenters. The molecule has 1 spiro atoms. The van der Waals surface area contributed by atoms with Crippen molar-refractivity contribution in [2.45, 2.75) is 17.9 Å². The van der Waals surface area contributed by atoms with E-state index in [-0.39, 0.29) is 27.4 Å². The average molecular weight is 526 g/mol. The Morgan fingerprint density at radius 1 is 0.811 bits per heavy atom. The third-order valence-corrected chi connectivity index (χ3v) is 7.51. The topological polar surface area (TPSA) is 80.8 Å². The van der Waals surface area contributed by atoms with Gasteiger partial charge in [-0.2, -0.15) is 13.2 Å². The minimum atomic E-state index is -4.72. The quantitative estimate of drug-likeness (QED) is 0.345. The van der Waals surface area contributed by atoms with Crippen LogP contribution in [0.3, 0.4) is 0 Å². The molecular weight excluding hydrogens is 511 g/mol. The number of alkyl halides is 3. The SMILES string of the molecule is O=C1[C@@H]2[C@@H](c3ccccc3Cl)OC3(C(=O)c4ccccc4C3=O)[C@@H]2C(=O)N1c1cccc(C(F)(F)F)c1. The molecule has 2 fully saturated rings. The van der Waals surface area contributed by atoms with E-state index in [9.17, 15) is 32.3 Å². The zero-order valence-electron chi connectivity index (χ0n) is 18.7. The minimum Gasteiger partial charge on any atom is -0.349 e. The van der Waals surface area contributed by atoms with Crippen LogP contribution < -0.4 is 4.90 Å². The molecule has 3 aliphatic rings. The van der Waals surface area contributed by atoms with Gasteiger partial charge in [0.25, 0.3) is 0 Å². The Morgan fingerprint density at radius 2 is 1.43 bits per heavy atom. The van der Waals surface area contributed by atoms with E-state index in [0.717, 1.165) is 12.1 Å². The van der Waals surface area contributed by atoms with Gasteiger partial charge in [-0.15, -0.1) is 0 Å². The number of imide groups is 1. The van der Waals surface area contributed by atoms with Crippen LogP contribution in [0.1, 0.15) is 37.9 Å². The largest absolute Gasteiger partial charge is 0.416 e. The molecule has 0 radical (unpaired) electrons. The summed E-state index contributed by atoms with van der Waals surface area (Å²) in [5.74, 6) is -6.38. The number of ketones is 2. The second kappa shape index (κ2) is 7.84. The van der Waals surface area contributed by atoms with Crippen LogP contribution in [0.2, 0.25) is 5.02 Å². The van der Waals surface area contributed by atoms with Crippen LogP contribution in [-0.4, -0.2) is 29.0 Å². The zero-order valence-corrected chi connectivity index (χ0v) is 19.4. The number of carbonyl (C=O) groups excluding carboxylic acids is 4. The number of amides is 2. The van der Waals surface area contributed by atoms with Crippen molar-refractivity contribution in [3.8, 4) is 0 Å². The lowest BCUT2D eigenvalue weighted by Gasteiger charge is -2.27. The van der Waals surface area contributed by atoms with Gasteiger partial charge in [0.15, 0.2) is 0 Å². The molecule has 3 aromatic carbocycles. The highest BCUT2D eigenvalue weighted by atomic mass is 35.5. The maximum Gasteiger partial charge on any atom is 0.416 e. The zero-order chi connectivity index (χ0) is 26.3. The van der Waals surface area contributed by atoms with E-state index < -0.39 is 58.7 Å². The Bertz CT molecular complexity index is 1500. The van der Waals surface area contributed by atoms with Gasteiger partial charge in [0.2, 0.25) is 29.0 Å². The van der Waals surface area contributed by atoms with Crippen molar-refractivity contribution in [1.29, 1.82) is 0 Å². The summed E-state index contributed by atoms with van der Waals surface area (Å²) in [5, 5.41) is 0.177. The summed E-state index contributed by atoms with van der Waals surface area (Å²) in [4.78, 5) is 55.6. The average Bonchev–Trinajstić information content (AvgIpc) is 3.44. The monoisotopic (exact) mass is 525 g/mol. The van der Waals surface area contributed by atoms with Crippen molar-refractivity contribution < 1.29 is 37.1 Å². The number of fused-ring (bicyclic) bond motifs is 3. The molecule has 37 heavy (non-hydrogen) atoms. The van der Waals surface area contributed by atoms with Crippen molar-refractivity contribution in [3.63, 3.8) is 0 Å². The van der Waals surface area contributed by atoms with Crippen LogP contribution in [0.4, 0.5) is 18.9 Å². The lowest BCUT2D eigenvalue weighted by Crippen LogP contribution is -2.51. The van der Waals surface area contributed by atoms with Crippen molar-refractivity contribution in [3.05, 3.63) is 100 Å². The Kier molecular flexibility index (Phi) is 4.99. The number of nitrogens with zero attached hydrogens (tertiary/aromatic N) is 1. The summed E-state index contributed by atoms with van der Waals surface area (Å²) < 4.78 is 46.3. The minimum absolute atomic E-state index is 0.0452. The van der Waals surface area contributed by atoms with E-state index in [1.54, 1.807) is 30.3 Å². The Labute approximate surface area is 212 Å². The summed E-state index contributed by atoms with van der Waals surface area (Å²) in [6.45, 7) is 0. The van der Waals surface area contributed by atoms with Gasteiger partial charge in [-0.05, 0) is 24.3 Å². The van der Waals surface area contributed by atoms with Gasteiger partial charge in [-0.1, -0.05) is 60.1 Å². The van der Waals surface area contributed by atoms with Gasteiger partial charge in [0.05, 0.1) is 29.2 Å². The van der Waals surface area contributed by atoms with Gasteiger partial charge in [0, 0.05) is 21.7 Å². The van der Waals surface area contributed by atoms with Crippen LogP contribution in [0.5, 0.6) is 0 Å². The van der Waals surface area contributed by atoms with Gasteiger partial charge >= 0.3 is 6.18 Å². The first-order valence-electron chi connectivity index (χ1n) is 11.2. The first kappa shape index (κ1) is 23.6. The molecule has 0 saturated carbocycles. The van der Waals surface area contributed by atoms with Crippen LogP contribution in [0.25, 0.3) is 0 Å². The van der Waals surface area contributed by atoms with Crippen molar-refractivity contribution in [1.82, 2.24) is 0 Å². The molecule has 2 aliphatic heterocycles. The molecule has 6 nitrogen and oxygen atoms in total. The fourth-order valence-electron chi connectivity index (χ4n) is 5.58. The second-order valence-corrected chi connectivity index (χ2v) is 9.47. The maximum absolute atomic E-state index is 13.8. The van der Waals surface area contributed by atoms with Gasteiger partial charge in [-0.3, -0.25) is 19.2 Å². The molecule has 10 heteroatoms. The molecule has 2 saturated heterocycles. The molecule has 0 aromatic heterocycles. The van der Waals surface area contributed by atoms with Crippen LogP contribution in [-0.2, 0) is 20.5 Å². The molecule has 0 bridgehead atoms. The Balaban J connectivity index is 1.54. The van der Waals surface area contributed by atoms with Crippen molar-refractivity contribution in [2.24, 2.45) is 11.8 Å². The number of Topliss-reactive ketones (excluding diaryl/α,β-unsaturated/α-hetero) is 2. The maximum atomic E-state index is 13.8. The number of hydrogen-bond donors (Lipinski definition) is 0. The van der Waals surface area contributed by atoms with Crippen LogP contribution >= 0.6 is 11.6 Å². The summed E-state index contributed by atoms with van der Waals surface area (Å²) >= 11 is 6.38. The smallest absolute Gasteiger partial charge is 0.349 e. The van der Waals surface area contributed by atoms with E-state index in [4.69, 9.17) is 16.3 Å². The second-order valence-electron chi connectivity index (χ2n) is 9.06. The molecule has 0 N–H and O–H groups in total. The highest BCUT2D eigenvalue weighted by Gasteiger charge is 2.75. The number of hydrogen-bond acceptors (Lipinski definition) is 5. The van der Waals surface area contributed by atoms with E-state index in [1.165, 1.54) is 24.3 Å². The lowest BCUT2D eigenvalue weighted by molar-refractivity contribution is -0.137. The number of carbonyl (C=O) groups is 4. The summed E-state index contributed by atoms with van der Waals surface area (Å²) in [7, 11) is 0. The fraction of sp³-hybridized carbons (Fsp3) is 0.185. The molecule has 2 heterocycles. The normalized spacial score (nSPS) is 24.2. The number of rotatable bonds is 2. The predicted molar refractivity (Wildman–Crippen MR) is 124 cm³/mol. The highest BCUT2D eigenvalue weighted by molar-refractivity contribution is 6.37. The third kappa shape index (κ3) is 3.10. The molecule has 3 aromatic rings. The standard InChI is InChI=1S/C27H15ClF3NO5/c28-18-11-4-3-10-17(18)21-19-20(26(37-21)22(33)15-8-1-2-9-16(15)23(26)34)25(36)32(24(19)35)14-7-5-6-13(12-14)27(29,30)31/h1-12,19-21H/t19-,20-,21+/m0/s1. The highest BCUT2D eigenvalue weighted by Crippen LogP contribution is 2.58. The summed E-state index contributed by atoms with van der Waals surface area (Å²) in [6.07, 6.45) is -5.99. The molecule has 0 unspecified atom stereocenters. The Hall–Kier alpha value is -3.82. The molecule has 6 rings (SSSR count). The first-order chi connectivity index (χ1) is 17.6. The number of halogens is 4. The predicted octanol–water partition coefficient (Wildman–Crippen LogP) is 5.05.